The maximum atomic E-state index is 14.0. The van der Waals surface area contributed by atoms with E-state index in [1.165, 1.54) is 4.68 Å². The van der Waals surface area contributed by atoms with Gasteiger partial charge in [0, 0.05) is 31.0 Å². The number of carboxylic acid groups (broad SMARTS) is 1. The van der Waals surface area contributed by atoms with Gasteiger partial charge in [-0.1, -0.05) is 29.8 Å². The molecule has 2 fully saturated rings. The lowest BCUT2D eigenvalue weighted by Gasteiger charge is -2.39. The number of halogens is 1. The molecule has 2 atom stereocenters. The lowest BCUT2D eigenvalue weighted by atomic mass is 9.82. The molecule has 194 valence electrons. The van der Waals surface area contributed by atoms with Crippen LogP contribution in [0.15, 0.2) is 24.3 Å². The van der Waals surface area contributed by atoms with E-state index in [0.29, 0.717) is 68.1 Å². The van der Waals surface area contributed by atoms with E-state index in [-0.39, 0.29) is 17.7 Å². The standard InChI is InChI=1S/C28H30ClN3O5/c29-22-3-1-2-20(15-4-5-15)24(22)27(35)32-23-12-18(26(34)31-13-19(33)14-31)10-11-21(23)25(30-32)16-6-8-17(9-7-16)28(36)37/h1-3,6,15,17-19,33H,4-5,7-14H2,(H,36,37). The van der Waals surface area contributed by atoms with Crippen LogP contribution in [0.2, 0.25) is 5.02 Å². The first-order valence-electron chi connectivity index (χ1n) is 13.1. The van der Waals surface area contributed by atoms with Crippen molar-refractivity contribution in [2.24, 2.45) is 11.8 Å². The number of likely N-dealkylation sites (tertiary alicyclic amines) is 1. The molecule has 2 heterocycles. The number of hydrogen-bond donors (Lipinski definition) is 2. The molecular weight excluding hydrogens is 494 g/mol. The summed E-state index contributed by atoms with van der Waals surface area (Å²) in [6, 6.07) is 5.57. The molecule has 6 rings (SSSR count). The molecule has 1 aromatic carbocycles. The number of aliphatic hydroxyl groups excluding tert-OH is 1. The molecule has 1 saturated heterocycles. The Morgan fingerprint density at radius 2 is 1.78 bits per heavy atom. The molecule has 3 aliphatic carbocycles. The van der Waals surface area contributed by atoms with E-state index in [0.717, 1.165) is 40.9 Å². The maximum Gasteiger partial charge on any atom is 0.306 e. The van der Waals surface area contributed by atoms with Crippen molar-refractivity contribution in [1.29, 1.82) is 0 Å². The number of hydrogen-bond acceptors (Lipinski definition) is 5. The van der Waals surface area contributed by atoms with Gasteiger partial charge in [-0.3, -0.25) is 14.4 Å². The summed E-state index contributed by atoms with van der Waals surface area (Å²) in [5, 5.41) is 24.3. The van der Waals surface area contributed by atoms with Crippen LogP contribution in [0.3, 0.4) is 0 Å². The van der Waals surface area contributed by atoms with Gasteiger partial charge in [-0.05, 0) is 68.1 Å². The Bertz CT molecular complexity index is 1320. The monoisotopic (exact) mass is 523 g/mol. The Balaban J connectivity index is 1.39. The first kappa shape index (κ1) is 24.4. The van der Waals surface area contributed by atoms with Crippen LogP contribution in [0.5, 0.6) is 0 Å². The third-order valence-corrected chi connectivity index (χ3v) is 8.64. The minimum atomic E-state index is -0.790. The van der Waals surface area contributed by atoms with Gasteiger partial charge in [-0.15, -0.1) is 0 Å². The van der Waals surface area contributed by atoms with E-state index in [1.54, 1.807) is 11.0 Å². The number of nitrogens with zero attached hydrogens (tertiary/aromatic N) is 3. The van der Waals surface area contributed by atoms with E-state index >= 15 is 0 Å². The Labute approximate surface area is 219 Å². The second-order valence-electron chi connectivity index (χ2n) is 10.8. The highest BCUT2D eigenvalue weighted by Gasteiger charge is 2.39. The highest BCUT2D eigenvalue weighted by atomic mass is 35.5. The Hall–Kier alpha value is -2.97. The minimum Gasteiger partial charge on any atom is -0.481 e. The number of rotatable bonds is 5. The number of aromatic nitrogens is 2. The second kappa shape index (κ2) is 9.40. The summed E-state index contributed by atoms with van der Waals surface area (Å²) in [4.78, 5) is 40.3. The van der Waals surface area contributed by atoms with Gasteiger partial charge in [-0.25, -0.2) is 0 Å². The molecule has 2 unspecified atom stereocenters. The summed E-state index contributed by atoms with van der Waals surface area (Å²) in [6.07, 6.45) is 6.76. The Morgan fingerprint density at radius 1 is 1.03 bits per heavy atom. The second-order valence-corrected chi connectivity index (χ2v) is 11.3. The number of carboxylic acids is 1. The molecule has 0 radical (unpaired) electrons. The van der Waals surface area contributed by atoms with Gasteiger partial charge in [0.05, 0.1) is 34.0 Å². The fourth-order valence-electron chi connectivity index (χ4n) is 6.02. The van der Waals surface area contributed by atoms with Crippen molar-refractivity contribution in [1.82, 2.24) is 14.7 Å². The van der Waals surface area contributed by atoms with Crippen molar-refractivity contribution in [2.45, 2.75) is 63.4 Å². The van der Waals surface area contributed by atoms with E-state index < -0.39 is 18.0 Å². The SMILES string of the molecule is O=C(O)C1CC=C(c2nn(C(=O)c3c(Cl)cccc3C3CC3)c3c2CCC(C(=O)N2CC(O)C2)C3)CC1. The number of allylic oxidation sites excluding steroid dienone is 2. The number of benzene rings is 1. The minimum absolute atomic E-state index is 0.00953. The van der Waals surface area contributed by atoms with Crippen LogP contribution >= 0.6 is 11.6 Å². The topological polar surface area (TPSA) is 113 Å². The van der Waals surface area contributed by atoms with Crippen LogP contribution in [0.25, 0.3) is 5.57 Å². The first-order chi connectivity index (χ1) is 17.8. The molecular formula is C28H30ClN3O5. The molecule has 4 aliphatic rings. The van der Waals surface area contributed by atoms with Crippen LogP contribution in [-0.4, -0.2) is 61.9 Å². The Kier molecular flexibility index (Phi) is 6.19. The normalized spacial score (nSPS) is 23.7. The molecule has 0 bridgehead atoms. The van der Waals surface area contributed by atoms with Gasteiger partial charge < -0.3 is 15.1 Å². The summed E-state index contributed by atoms with van der Waals surface area (Å²) in [6.45, 7) is 0.710. The number of fused-ring (bicyclic) bond motifs is 1. The average Bonchev–Trinajstić information content (AvgIpc) is 3.66. The zero-order chi connectivity index (χ0) is 25.8. The molecule has 9 heteroatoms. The fraction of sp³-hybridized carbons (Fsp3) is 0.500. The van der Waals surface area contributed by atoms with Crippen molar-refractivity contribution in [3.05, 3.63) is 57.4 Å². The summed E-state index contributed by atoms with van der Waals surface area (Å²) in [5.74, 6) is -1.41. The summed E-state index contributed by atoms with van der Waals surface area (Å²) >= 11 is 6.58. The molecule has 1 saturated carbocycles. The van der Waals surface area contributed by atoms with Crippen molar-refractivity contribution in [3.8, 4) is 0 Å². The molecule has 1 aliphatic heterocycles. The lowest BCUT2D eigenvalue weighted by molar-refractivity contribution is -0.146. The van der Waals surface area contributed by atoms with Crippen LogP contribution < -0.4 is 0 Å². The van der Waals surface area contributed by atoms with Crippen LogP contribution in [0.1, 0.15) is 77.3 Å². The number of carbonyl (C=O) groups is 3. The zero-order valence-electron chi connectivity index (χ0n) is 20.5. The van der Waals surface area contributed by atoms with Crippen molar-refractivity contribution in [2.75, 3.05) is 13.1 Å². The summed E-state index contributed by atoms with van der Waals surface area (Å²) < 4.78 is 1.46. The fourth-order valence-corrected chi connectivity index (χ4v) is 6.28. The van der Waals surface area contributed by atoms with E-state index in [1.807, 2.05) is 18.2 Å². The average molecular weight is 524 g/mol. The smallest absolute Gasteiger partial charge is 0.306 e. The summed E-state index contributed by atoms with van der Waals surface area (Å²) in [5.41, 5.74) is 4.86. The van der Waals surface area contributed by atoms with Gasteiger partial charge >= 0.3 is 5.97 Å². The van der Waals surface area contributed by atoms with Gasteiger partial charge in [0.15, 0.2) is 0 Å². The molecule has 2 aromatic rings. The van der Waals surface area contributed by atoms with Gasteiger partial charge in [0.25, 0.3) is 5.91 Å². The molecule has 1 aromatic heterocycles. The highest BCUT2D eigenvalue weighted by molar-refractivity contribution is 6.34. The lowest BCUT2D eigenvalue weighted by Crippen LogP contribution is -2.55. The van der Waals surface area contributed by atoms with Crippen LogP contribution in [0, 0.1) is 11.8 Å². The highest BCUT2D eigenvalue weighted by Crippen LogP contribution is 2.44. The third kappa shape index (κ3) is 4.40. The molecule has 0 spiro atoms. The van der Waals surface area contributed by atoms with Crippen molar-refractivity contribution in [3.63, 3.8) is 0 Å². The van der Waals surface area contributed by atoms with Crippen LogP contribution in [-0.2, 0) is 22.4 Å². The van der Waals surface area contributed by atoms with Gasteiger partial charge in [0.1, 0.15) is 0 Å². The maximum absolute atomic E-state index is 14.0. The zero-order valence-corrected chi connectivity index (χ0v) is 21.3. The number of aliphatic hydroxyl groups is 1. The first-order valence-corrected chi connectivity index (χ1v) is 13.5. The Morgan fingerprint density at radius 3 is 2.43 bits per heavy atom. The molecule has 37 heavy (non-hydrogen) atoms. The predicted octanol–water partition coefficient (Wildman–Crippen LogP) is 3.68. The van der Waals surface area contributed by atoms with Crippen LogP contribution in [0.4, 0.5) is 0 Å². The number of amides is 1. The van der Waals surface area contributed by atoms with Crippen molar-refractivity contribution < 1.29 is 24.6 Å². The van der Waals surface area contributed by atoms with E-state index in [2.05, 4.69) is 0 Å². The molecule has 1 amide bonds. The molecule has 2 N–H and O–H groups in total. The number of aliphatic carboxylic acids is 1. The number of carbonyl (C=O) groups excluding carboxylic acids is 2. The summed E-state index contributed by atoms with van der Waals surface area (Å²) in [7, 11) is 0. The largest absolute Gasteiger partial charge is 0.481 e. The third-order valence-electron chi connectivity index (χ3n) is 8.33. The van der Waals surface area contributed by atoms with E-state index in [4.69, 9.17) is 16.7 Å². The predicted molar refractivity (Wildman–Crippen MR) is 136 cm³/mol. The quantitative estimate of drug-likeness (QED) is 0.618. The van der Waals surface area contributed by atoms with Gasteiger partial charge in [-0.2, -0.15) is 9.78 Å². The number of β-amino-alcohol motifs (C(OH)–C–C–N with tert-alkyl or cyclic N) is 1. The van der Waals surface area contributed by atoms with Crippen molar-refractivity contribution >= 4 is 35.0 Å². The molecule has 8 nitrogen and oxygen atoms in total. The van der Waals surface area contributed by atoms with E-state index in [9.17, 15) is 24.6 Å². The van der Waals surface area contributed by atoms with Gasteiger partial charge in [0.2, 0.25) is 5.91 Å².